The Morgan fingerprint density at radius 2 is 1.64 bits per heavy atom. The number of hydrogen-bond donors (Lipinski definition) is 1. The highest BCUT2D eigenvalue weighted by molar-refractivity contribution is 6.05. The zero-order valence-corrected chi connectivity index (χ0v) is 14.5. The Hall–Kier alpha value is -3.14. The van der Waals surface area contributed by atoms with Crippen LogP contribution in [0.25, 0.3) is 0 Å². The number of rotatable bonds is 4. The van der Waals surface area contributed by atoms with Crippen molar-refractivity contribution < 1.29 is 9.53 Å². The molecule has 0 unspecified atom stereocenters. The lowest BCUT2D eigenvalue weighted by Crippen LogP contribution is -2.14. The van der Waals surface area contributed by atoms with Crippen LogP contribution in [0.5, 0.6) is 11.5 Å². The lowest BCUT2D eigenvalue weighted by molar-refractivity contribution is 0.102. The molecule has 0 fully saturated rings. The van der Waals surface area contributed by atoms with E-state index < -0.39 is 0 Å². The standard InChI is InChI=1S/C21H20N2O2/c1-14-6-4-8-18(12-14)25-19-9-5-7-17(13-19)23-21(24)20-11-10-15(2)22-16(20)3/h4-13H,1-3H3,(H,23,24). The van der Waals surface area contributed by atoms with Crippen molar-refractivity contribution in [2.24, 2.45) is 0 Å². The third-order valence-electron chi connectivity index (χ3n) is 3.79. The molecule has 1 heterocycles. The van der Waals surface area contributed by atoms with Crippen LogP contribution in [0.1, 0.15) is 27.3 Å². The van der Waals surface area contributed by atoms with E-state index in [0.717, 1.165) is 17.0 Å². The molecule has 0 saturated heterocycles. The van der Waals surface area contributed by atoms with Gasteiger partial charge in [-0.05, 0) is 62.7 Å². The van der Waals surface area contributed by atoms with Crippen molar-refractivity contribution in [1.82, 2.24) is 4.98 Å². The normalized spacial score (nSPS) is 10.4. The number of aryl methyl sites for hydroxylation is 3. The van der Waals surface area contributed by atoms with E-state index in [1.807, 2.05) is 69.3 Å². The van der Waals surface area contributed by atoms with Crippen LogP contribution >= 0.6 is 0 Å². The summed E-state index contributed by atoms with van der Waals surface area (Å²) >= 11 is 0. The number of nitrogens with one attached hydrogen (secondary N) is 1. The number of amides is 1. The Morgan fingerprint density at radius 1 is 0.920 bits per heavy atom. The topological polar surface area (TPSA) is 51.2 Å². The molecule has 3 aromatic rings. The van der Waals surface area contributed by atoms with Crippen molar-refractivity contribution in [3.8, 4) is 11.5 Å². The molecular weight excluding hydrogens is 312 g/mol. The van der Waals surface area contributed by atoms with E-state index in [9.17, 15) is 4.79 Å². The largest absolute Gasteiger partial charge is 0.457 e. The second-order valence-corrected chi connectivity index (χ2v) is 5.99. The third kappa shape index (κ3) is 4.23. The molecular formula is C21H20N2O2. The van der Waals surface area contributed by atoms with Gasteiger partial charge in [-0.15, -0.1) is 0 Å². The van der Waals surface area contributed by atoms with Crippen LogP contribution in [0.4, 0.5) is 5.69 Å². The van der Waals surface area contributed by atoms with Crippen molar-refractivity contribution in [1.29, 1.82) is 0 Å². The van der Waals surface area contributed by atoms with Crippen molar-refractivity contribution in [3.05, 3.63) is 83.2 Å². The maximum atomic E-state index is 12.5. The molecule has 0 radical (unpaired) electrons. The maximum Gasteiger partial charge on any atom is 0.257 e. The first-order chi connectivity index (χ1) is 12.0. The van der Waals surface area contributed by atoms with Gasteiger partial charge in [-0.1, -0.05) is 18.2 Å². The molecule has 1 aromatic heterocycles. The van der Waals surface area contributed by atoms with Gasteiger partial charge in [0.15, 0.2) is 0 Å². The highest BCUT2D eigenvalue weighted by atomic mass is 16.5. The Labute approximate surface area is 147 Å². The molecule has 0 saturated carbocycles. The molecule has 4 nitrogen and oxygen atoms in total. The summed E-state index contributed by atoms with van der Waals surface area (Å²) in [5, 5.41) is 2.90. The third-order valence-corrected chi connectivity index (χ3v) is 3.79. The summed E-state index contributed by atoms with van der Waals surface area (Å²) in [5.41, 5.74) is 3.97. The van der Waals surface area contributed by atoms with Gasteiger partial charge in [0, 0.05) is 17.4 Å². The van der Waals surface area contributed by atoms with Crippen LogP contribution in [-0.4, -0.2) is 10.9 Å². The van der Waals surface area contributed by atoms with Gasteiger partial charge in [-0.2, -0.15) is 0 Å². The van der Waals surface area contributed by atoms with E-state index in [1.165, 1.54) is 0 Å². The van der Waals surface area contributed by atoms with Gasteiger partial charge in [0.1, 0.15) is 11.5 Å². The monoisotopic (exact) mass is 332 g/mol. The van der Waals surface area contributed by atoms with E-state index in [2.05, 4.69) is 10.3 Å². The molecule has 0 atom stereocenters. The summed E-state index contributed by atoms with van der Waals surface area (Å²) in [5.74, 6) is 1.25. The lowest BCUT2D eigenvalue weighted by Gasteiger charge is -2.10. The molecule has 25 heavy (non-hydrogen) atoms. The van der Waals surface area contributed by atoms with Crippen LogP contribution in [0.3, 0.4) is 0 Å². The van der Waals surface area contributed by atoms with Crippen molar-refractivity contribution in [2.75, 3.05) is 5.32 Å². The lowest BCUT2D eigenvalue weighted by atomic mass is 10.1. The van der Waals surface area contributed by atoms with Crippen LogP contribution in [0.2, 0.25) is 0 Å². The van der Waals surface area contributed by atoms with E-state index in [0.29, 0.717) is 22.7 Å². The van der Waals surface area contributed by atoms with Gasteiger partial charge in [0.2, 0.25) is 0 Å². The quantitative estimate of drug-likeness (QED) is 0.727. The minimum Gasteiger partial charge on any atom is -0.457 e. The second-order valence-electron chi connectivity index (χ2n) is 5.99. The number of carbonyl (C=O) groups excluding carboxylic acids is 1. The zero-order valence-electron chi connectivity index (χ0n) is 14.5. The molecule has 2 aromatic carbocycles. The van der Waals surface area contributed by atoms with Gasteiger partial charge in [0.05, 0.1) is 11.3 Å². The summed E-state index contributed by atoms with van der Waals surface area (Å²) in [4.78, 5) is 16.8. The summed E-state index contributed by atoms with van der Waals surface area (Å²) in [6, 6.07) is 18.8. The number of ether oxygens (including phenoxy) is 1. The number of aromatic nitrogens is 1. The number of anilines is 1. The number of nitrogens with zero attached hydrogens (tertiary/aromatic N) is 1. The molecule has 0 bridgehead atoms. The molecule has 0 aliphatic carbocycles. The number of benzene rings is 2. The summed E-state index contributed by atoms with van der Waals surface area (Å²) in [7, 11) is 0. The van der Waals surface area contributed by atoms with Crippen LogP contribution in [-0.2, 0) is 0 Å². The van der Waals surface area contributed by atoms with Gasteiger partial charge in [-0.3, -0.25) is 9.78 Å². The highest BCUT2D eigenvalue weighted by Gasteiger charge is 2.11. The Balaban J connectivity index is 1.76. The van der Waals surface area contributed by atoms with E-state index in [1.54, 1.807) is 12.1 Å². The molecule has 0 aliphatic heterocycles. The second kappa shape index (κ2) is 7.18. The fourth-order valence-electron chi connectivity index (χ4n) is 2.58. The van der Waals surface area contributed by atoms with Gasteiger partial charge in [0.25, 0.3) is 5.91 Å². The number of pyridine rings is 1. The van der Waals surface area contributed by atoms with Crippen molar-refractivity contribution in [2.45, 2.75) is 20.8 Å². The first-order valence-corrected chi connectivity index (χ1v) is 8.11. The summed E-state index contributed by atoms with van der Waals surface area (Å²) in [6.07, 6.45) is 0. The molecule has 0 spiro atoms. The summed E-state index contributed by atoms with van der Waals surface area (Å²) < 4.78 is 5.86. The molecule has 0 aliphatic rings. The molecule has 4 heteroatoms. The highest BCUT2D eigenvalue weighted by Crippen LogP contribution is 2.25. The SMILES string of the molecule is Cc1cccc(Oc2cccc(NC(=O)c3ccc(C)nc3C)c2)c1. The van der Waals surface area contributed by atoms with E-state index in [-0.39, 0.29) is 5.91 Å². The Kier molecular flexibility index (Phi) is 4.80. The fraction of sp³-hybridized carbons (Fsp3) is 0.143. The number of hydrogen-bond acceptors (Lipinski definition) is 3. The predicted octanol–water partition coefficient (Wildman–Crippen LogP) is 5.05. The fourth-order valence-corrected chi connectivity index (χ4v) is 2.58. The van der Waals surface area contributed by atoms with Crippen molar-refractivity contribution in [3.63, 3.8) is 0 Å². The zero-order chi connectivity index (χ0) is 17.8. The average molecular weight is 332 g/mol. The molecule has 1 amide bonds. The smallest absolute Gasteiger partial charge is 0.257 e. The first kappa shape index (κ1) is 16.7. The predicted molar refractivity (Wildman–Crippen MR) is 99.4 cm³/mol. The maximum absolute atomic E-state index is 12.5. The number of carbonyl (C=O) groups is 1. The average Bonchev–Trinajstić information content (AvgIpc) is 2.55. The van der Waals surface area contributed by atoms with E-state index >= 15 is 0 Å². The molecule has 126 valence electrons. The van der Waals surface area contributed by atoms with E-state index in [4.69, 9.17) is 4.74 Å². The molecule has 1 N–H and O–H groups in total. The van der Waals surface area contributed by atoms with Crippen LogP contribution in [0, 0.1) is 20.8 Å². The minimum absolute atomic E-state index is 0.183. The Morgan fingerprint density at radius 3 is 2.36 bits per heavy atom. The van der Waals surface area contributed by atoms with Crippen LogP contribution in [0.15, 0.2) is 60.7 Å². The summed E-state index contributed by atoms with van der Waals surface area (Å²) in [6.45, 7) is 5.75. The van der Waals surface area contributed by atoms with Gasteiger partial charge < -0.3 is 10.1 Å². The van der Waals surface area contributed by atoms with Crippen molar-refractivity contribution >= 4 is 11.6 Å². The van der Waals surface area contributed by atoms with Gasteiger partial charge >= 0.3 is 0 Å². The van der Waals surface area contributed by atoms with Crippen LogP contribution < -0.4 is 10.1 Å². The molecule has 3 rings (SSSR count). The minimum atomic E-state index is -0.183. The first-order valence-electron chi connectivity index (χ1n) is 8.11. The van der Waals surface area contributed by atoms with Gasteiger partial charge in [-0.25, -0.2) is 0 Å². The Bertz CT molecular complexity index is 919.